The van der Waals surface area contributed by atoms with Gasteiger partial charge in [0.2, 0.25) is 11.8 Å². The maximum Gasteiger partial charge on any atom is 0.407 e. The molecular formula is C19H27N3O4. The van der Waals surface area contributed by atoms with E-state index in [-0.39, 0.29) is 11.8 Å². The van der Waals surface area contributed by atoms with Crippen LogP contribution in [-0.4, -0.2) is 36.6 Å². The summed E-state index contributed by atoms with van der Waals surface area (Å²) in [5, 5.41) is 5.43. The predicted molar refractivity (Wildman–Crippen MR) is 100 cm³/mol. The molecule has 0 radical (unpaired) electrons. The molecule has 0 aliphatic carbocycles. The van der Waals surface area contributed by atoms with Gasteiger partial charge in [-0.2, -0.15) is 0 Å². The molecule has 0 atom stereocenters. The molecule has 142 valence electrons. The third-order valence-electron chi connectivity index (χ3n) is 3.78. The van der Waals surface area contributed by atoms with E-state index in [2.05, 4.69) is 10.6 Å². The summed E-state index contributed by atoms with van der Waals surface area (Å²) >= 11 is 0. The second-order valence-corrected chi connectivity index (χ2v) is 7.28. The lowest BCUT2D eigenvalue weighted by Gasteiger charge is -2.19. The van der Waals surface area contributed by atoms with Crippen LogP contribution in [0.3, 0.4) is 0 Å². The third kappa shape index (κ3) is 6.38. The molecule has 7 nitrogen and oxygen atoms in total. The molecule has 26 heavy (non-hydrogen) atoms. The van der Waals surface area contributed by atoms with Gasteiger partial charge >= 0.3 is 6.09 Å². The van der Waals surface area contributed by atoms with Gasteiger partial charge in [0, 0.05) is 37.3 Å². The van der Waals surface area contributed by atoms with E-state index < -0.39 is 11.7 Å². The highest BCUT2D eigenvalue weighted by Gasteiger charge is 2.21. The molecule has 1 saturated heterocycles. The predicted octanol–water partition coefficient (Wildman–Crippen LogP) is 3.06. The summed E-state index contributed by atoms with van der Waals surface area (Å²) in [6, 6.07) is 7.25. The van der Waals surface area contributed by atoms with Crippen LogP contribution in [-0.2, 0) is 14.3 Å². The molecule has 0 spiro atoms. The molecular weight excluding hydrogens is 334 g/mol. The fraction of sp³-hybridized carbons (Fsp3) is 0.526. The molecule has 1 aromatic carbocycles. The van der Waals surface area contributed by atoms with E-state index in [4.69, 9.17) is 4.74 Å². The highest BCUT2D eigenvalue weighted by molar-refractivity contribution is 5.96. The largest absolute Gasteiger partial charge is 0.444 e. The van der Waals surface area contributed by atoms with E-state index in [1.807, 2.05) is 12.1 Å². The lowest BCUT2D eigenvalue weighted by molar-refractivity contribution is -0.117. The molecule has 0 unspecified atom stereocenters. The molecule has 3 amide bonds. The molecule has 7 heteroatoms. The van der Waals surface area contributed by atoms with E-state index >= 15 is 0 Å². The Hall–Kier alpha value is -2.57. The molecule has 0 bridgehead atoms. The summed E-state index contributed by atoms with van der Waals surface area (Å²) in [7, 11) is 0. The standard InChI is InChI=1S/C19H27N3O4/c1-19(2,3)26-18(25)20-12-4-6-16(23)21-14-8-10-15(11-9-14)22-13-5-7-17(22)24/h8-11H,4-7,12-13H2,1-3H3,(H,20,25)(H,21,23). The first-order valence-corrected chi connectivity index (χ1v) is 8.92. The van der Waals surface area contributed by atoms with Crippen LogP contribution in [0.25, 0.3) is 0 Å². The number of ether oxygens (including phenoxy) is 1. The van der Waals surface area contributed by atoms with Gasteiger partial charge in [0.25, 0.3) is 0 Å². The van der Waals surface area contributed by atoms with Crippen LogP contribution in [0.1, 0.15) is 46.5 Å². The van der Waals surface area contributed by atoms with Crippen molar-refractivity contribution in [3.05, 3.63) is 24.3 Å². The Labute approximate surface area is 154 Å². The van der Waals surface area contributed by atoms with Crippen molar-refractivity contribution in [1.82, 2.24) is 5.32 Å². The van der Waals surface area contributed by atoms with Crippen molar-refractivity contribution >= 4 is 29.3 Å². The van der Waals surface area contributed by atoms with Gasteiger partial charge in [-0.15, -0.1) is 0 Å². The van der Waals surface area contributed by atoms with E-state index in [0.29, 0.717) is 31.5 Å². The normalized spacial score (nSPS) is 14.3. The van der Waals surface area contributed by atoms with Gasteiger partial charge in [-0.1, -0.05) is 0 Å². The fourth-order valence-corrected chi connectivity index (χ4v) is 2.62. The van der Waals surface area contributed by atoms with Gasteiger partial charge < -0.3 is 20.3 Å². The van der Waals surface area contributed by atoms with Crippen molar-refractivity contribution in [2.45, 2.75) is 52.1 Å². The van der Waals surface area contributed by atoms with Crippen LogP contribution in [0.5, 0.6) is 0 Å². The van der Waals surface area contributed by atoms with Crippen LogP contribution >= 0.6 is 0 Å². The lowest BCUT2D eigenvalue weighted by Crippen LogP contribution is -2.33. The van der Waals surface area contributed by atoms with Crippen LogP contribution < -0.4 is 15.5 Å². The average molecular weight is 361 g/mol. The Morgan fingerprint density at radius 2 is 1.88 bits per heavy atom. The number of alkyl carbamates (subject to hydrolysis) is 1. The molecule has 0 aromatic heterocycles. The Morgan fingerprint density at radius 1 is 1.19 bits per heavy atom. The summed E-state index contributed by atoms with van der Waals surface area (Å²) < 4.78 is 5.12. The smallest absolute Gasteiger partial charge is 0.407 e. The van der Waals surface area contributed by atoms with Gasteiger partial charge in [0.15, 0.2) is 0 Å². The number of hydrogen-bond acceptors (Lipinski definition) is 4. The number of benzene rings is 1. The zero-order chi connectivity index (χ0) is 19.2. The van der Waals surface area contributed by atoms with Crippen LogP contribution in [0.4, 0.5) is 16.2 Å². The number of hydrogen-bond donors (Lipinski definition) is 2. The zero-order valence-electron chi connectivity index (χ0n) is 15.6. The van der Waals surface area contributed by atoms with E-state index in [1.165, 1.54) is 0 Å². The number of carbonyl (C=O) groups is 3. The first-order valence-electron chi connectivity index (χ1n) is 8.92. The monoisotopic (exact) mass is 361 g/mol. The minimum Gasteiger partial charge on any atom is -0.444 e. The Balaban J connectivity index is 1.69. The number of amides is 3. The Morgan fingerprint density at radius 3 is 2.46 bits per heavy atom. The minimum absolute atomic E-state index is 0.124. The fourth-order valence-electron chi connectivity index (χ4n) is 2.62. The van der Waals surface area contributed by atoms with E-state index in [0.717, 1.165) is 18.7 Å². The van der Waals surface area contributed by atoms with Gasteiger partial charge in [0.1, 0.15) is 5.60 Å². The molecule has 0 saturated carbocycles. The first kappa shape index (κ1) is 19.8. The first-order chi connectivity index (χ1) is 12.2. The summed E-state index contributed by atoms with van der Waals surface area (Å²) in [5.74, 6) is 0.0141. The maximum atomic E-state index is 12.0. The highest BCUT2D eigenvalue weighted by atomic mass is 16.6. The zero-order valence-corrected chi connectivity index (χ0v) is 15.6. The molecule has 1 heterocycles. The second kappa shape index (κ2) is 8.69. The third-order valence-corrected chi connectivity index (χ3v) is 3.78. The number of anilines is 2. The van der Waals surface area contributed by atoms with Crippen molar-refractivity contribution < 1.29 is 19.1 Å². The second-order valence-electron chi connectivity index (χ2n) is 7.28. The summed E-state index contributed by atoms with van der Waals surface area (Å²) in [4.78, 5) is 36.9. The van der Waals surface area contributed by atoms with E-state index in [9.17, 15) is 14.4 Å². The molecule has 1 fully saturated rings. The molecule has 1 aromatic rings. The number of nitrogens with zero attached hydrogens (tertiary/aromatic N) is 1. The lowest BCUT2D eigenvalue weighted by atomic mass is 10.2. The van der Waals surface area contributed by atoms with Gasteiger partial charge in [-0.25, -0.2) is 4.79 Å². The minimum atomic E-state index is -0.534. The van der Waals surface area contributed by atoms with Crippen molar-refractivity contribution in [2.24, 2.45) is 0 Å². The van der Waals surface area contributed by atoms with Gasteiger partial charge in [-0.3, -0.25) is 9.59 Å². The highest BCUT2D eigenvalue weighted by Crippen LogP contribution is 2.23. The number of carbonyl (C=O) groups excluding carboxylic acids is 3. The van der Waals surface area contributed by atoms with Crippen LogP contribution in [0.2, 0.25) is 0 Å². The SMILES string of the molecule is CC(C)(C)OC(=O)NCCCC(=O)Nc1ccc(N2CCCC2=O)cc1. The average Bonchev–Trinajstić information content (AvgIpc) is 2.97. The Bertz CT molecular complexity index is 650. The van der Waals surface area contributed by atoms with Gasteiger partial charge in [0.05, 0.1) is 0 Å². The number of nitrogens with one attached hydrogen (secondary N) is 2. The van der Waals surface area contributed by atoms with Gasteiger partial charge in [-0.05, 0) is 57.9 Å². The molecule has 2 rings (SSSR count). The molecule has 2 N–H and O–H groups in total. The van der Waals surface area contributed by atoms with Crippen molar-refractivity contribution in [2.75, 3.05) is 23.3 Å². The maximum absolute atomic E-state index is 12.0. The van der Waals surface area contributed by atoms with Crippen LogP contribution in [0, 0.1) is 0 Å². The van der Waals surface area contributed by atoms with Crippen molar-refractivity contribution in [1.29, 1.82) is 0 Å². The number of rotatable bonds is 6. The summed E-state index contributed by atoms with van der Waals surface area (Å²) in [6.07, 6.45) is 1.81. The van der Waals surface area contributed by atoms with E-state index in [1.54, 1.807) is 37.8 Å². The van der Waals surface area contributed by atoms with Crippen molar-refractivity contribution in [3.63, 3.8) is 0 Å². The molecule has 1 aliphatic rings. The topological polar surface area (TPSA) is 87.7 Å². The Kier molecular flexibility index (Phi) is 6.60. The summed E-state index contributed by atoms with van der Waals surface area (Å²) in [5.41, 5.74) is 1.00. The van der Waals surface area contributed by atoms with Crippen LogP contribution in [0.15, 0.2) is 24.3 Å². The molecule has 1 aliphatic heterocycles. The quantitative estimate of drug-likeness (QED) is 0.762. The summed E-state index contributed by atoms with van der Waals surface area (Å²) in [6.45, 7) is 6.51. The van der Waals surface area contributed by atoms with Crippen molar-refractivity contribution in [3.8, 4) is 0 Å².